The van der Waals surface area contributed by atoms with Gasteiger partial charge in [0.15, 0.2) is 0 Å². The van der Waals surface area contributed by atoms with Crippen molar-refractivity contribution in [2.75, 3.05) is 4.90 Å². The van der Waals surface area contributed by atoms with Gasteiger partial charge in [0.05, 0.1) is 0 Å². The number of carboxylic acid groups (broad SMARTS) is 1. The molecule has 0 amide bonds. The number of amidine groups is 1. The van der Waals surface area contributed by atoms with Crippen LogP contribution in [-0.4, -0.2) is 22.5 Å². The van der Waals surface area contributed by atoms with Gasteiger partial charge in [0.25, 0.3) is 0 Å². The molecule has 3 aromatic carbocycles. The van der Waals surface area contributed by atoms with Gasteiger partial charge in [0.1, 0.15) is 11.4 Å². The van der Waals surface area contributed by atoms with Gasteiger partial charge >= 0.3 is 5.97 Å². The van der Waals surface area contributed by atoms with Crippen LogP contribution in [0.3, 0.4) is 0 Å². The molecule has 0 spiro atoms. The Morgan fingerprint density at radius 2 is 1.63 bits per heavy atom. The van der Waals surface area contributed by atoms with E-state index in [4.69, 9.17) is 11.1 Å². The van der Waals surface area contributed by atoms with Crippen molar-refractivity contribution >= 4 is 28.3 Å². The zero-order chi connectivity index (χ0) is 24.4. The highest BCUT2D eigenvalue weighted by Gasteiger charge is 2.54. The molecule has 0 aromatic heterocycles. The van der Waals surface area contributed by atoms with E-state index in [9.17, 15) is 9.90 Å². The van der Waals surface area contributed by atoms with E-state index in [1.54, 1.807) is 0 Å². The fraction of sp³-hybridized carbons (Fsp3) is 0.400. The highest BCUT2D eigenvalue weighted by molar-refractivity contribution is 5.97. The second-order valence-electron chi connectivity index (χ2n) is 10.3. The van der Waals surface area contributed by atoms with Crippen LogP contribution in [0, 0.1) is 11.3 Å². The number of hydrogen-bond donors (Lipinski definition) is 3. The Hall–Kier alpha value is -3.34. The fourth-order valence-corrected chi connectivity index (χ4v) is 6.32. The Bertz CT molecular complexity index is 1240. The maximum atomic E-state index is 13.3. The van der Waals surface area contributed by atoms with Gasteiger partial charge < -0.3 is 15.7 Å². The number of fused-ring (bicyclic) bond motifs is 2. The molecule has 0 bridgehead atoms. The largest absolute Gasteiger partial charge is 0.479 e. The average Bonchev–Trinajstić information content (AvgIpc) is 3.25. The zero-order valence-electron chi connectivity index (χ0n) is 20.3. The normalized spacial score (nSPS) is 21.2. The summed E-state index contributed by atoms with van der Waals surface area (Å²) >= 11 is 0. The molecule has 1 fully saturated rings. The molecule has 1 atom stereocenters. The molecule has 0 saturated heterocycles. The topological polar surface area (TPSA) is 90.4 Å². The van der Waals surface area contributed by atoms with Gasteiger partial charge in [-0.2, -0.15) is 0 Å². The number of nitrogens with two attached hydrogens (primary N) is 1. The smallest absolute Gasteiger partial charge is 0.330 e. The van der Waals surface area contributed by atoms with Crippen molar-refractivity contribution in [3.05, 3.63) is 77.4 Å². The third kappa shape index (κ3) is 4.40. The number of rotatable bonds is 5. The van der Waals surface area contributed by atoms with Gasteiger partial charge in [-0.15, -0.1) is 0 Å². The zero-order valence-corrected chi connectivity index (χ0v) is 20.3. The third-order valence-electron chi connectivity index (χ3n) is 8.18. The van der Waals surface area contributed by atoms with Crippen molar-refractivity contribution in [3.8, 4) is 0 Å². The van der Waals surface area contributed by atoms with Crippen molar-refractivity contribution in [1.29, 1.82) is 5.41 Å². The molecule has 35 heavy (non-hydrogen) atoms. The number of anilines is 1. The first-order chi connectivity index (χ1) is 17.0. The Balaban J connectivity index is 1.61. The molecule has 1 unspecified atom stereocenters. The van der Waals surface area contributed by atoms with Crippen LogP contribution in [0.2, 0.25) is 0 Å². The molecule has 5 rings (SSSR count). The Kier molecular flexibility index (Phi) is 6.50. The van der Waals surface area contributed by atoms with E-state index in [2.05, 4.69) is 35.2 Å². The van der Waals surface area contributed by atoms with Crippen LogP contribution in [0.15, 0.2) is 60.7 Å². The molecule has 1 aliphatic carbocycles. The van der Waals surface area contributed by atoms with Gasteiger partial charge in [-0.25, -0.2) is 4.79 Å². The summed E-state index contributed by atoms with van der Waals surface area (Å²) in [5.41, 5.74) is 8.54. The summed E-state index contributed by atoms with van der Waals surface area (Å²) in [5, 5.41) is 21.2. The highest BCUT2D eigenvalue weighted by atomic mass is 16.4. The van der Waals surface area contributed by atoms with Crippen molar-refractivity contribution in [1.82, 2.24) is 0 Å². The van der Waals surface area contributed by atoms with Crippen molar-refractivity contribution in [2.45, 2.75) is 69.9 Å². The van der Waals surface area contributed by atoms with Crippen LogP contribution in [0.5, 0.6) is 0 Å². The minimum Gasteiger partial charge on any atom is -0.479 e. The lowest BCUT2D eigenvalue weighted by Crippen LogP contribution is -2.58. The van der Waals surface area contributed by atoms with E-state index in [0.717, 1.165) is 47.9 Å². The number of benzene rings is 3. The van der Waals surface area contributed by atoms with Gasteiger partial charge in [0, 0.05) is 24.2 Å². The SMILES string of the molecule is N=C(N)c1ccc2c(c1)N(Cc1ccc3ccccc3c1)C(C(=O)O)(C1CCCCCCCC1)C2. The van der Waals surface area contributed by atoms with E-state index < -0.39 is 11.5 Å². The Morgan fingerprint density at radius 1 is 0.943 bits per heavy atom. The molecule has 182 valence electrons. The molecule has 1 aliphatic heterocycles. The second-order valence-corrected chi connectivity index (χ2v) is 10.3. The van der Waals surface area contributed by atoms with Crippen molar-refractivity contribution in [2.24, 2.45) is 11.7 Å². The van der Waals surface area contributed by atoms with Crippen LogP contribution in [0.1, 0.15) is 68.1 Å². The molecule has 1 heterocycles. The van der Waals surface area contributed by atoms with Crippen LogP contribution < -0.4 is 10.6 Å². The van der Waals surface area contributed by atoms with Crippen LogP contribution in [0.4, 0.5) is 5.69 Å². The van der Waals surface area contributed by atoms with E-state index in [1.165, 1.54) is 31.1 Å². The number of nitrogen functional groups attached to an aromatic ring is 1. The molecular formula is C30H35N3O2. The third-order valence-corrected chi connectivity index (χ3v) is 8.18. The number of nitrogens with zero attached hydrogens (tertiary/aromatic N) is 1. The summed E-state index contributed by atoms with van der Waals surface area (Å²) in [6.45, 7) is 0.516. The standard InChI is InChI=1S/C30H35N3O2/c31-28(32)24-15-16-25-19-30(29(34)35,26-11-5-3-1-2-4-6-12-26)33(27(25)18-24)20-21-13-14-22-9-7-8-10-23(22)17-21/h7-10,13-18,26H,1-6,11-12,19-20H2,(H3,31,32)(H,34,35). The summed E-state index contributed by atoms with van der Waals surface area (Å²) in [4.78, 5) is 15.4. The quantitative estimate of drug-likeness (QED) is 0.304. The predicted octanol–water partition coefficient (Wildman–Crippen LogP) is 6.26. The monoisotopic (exact) mass is 469 g/mol. The molecule has 4 N–H and O–H groups in total. The van der Waals surface area contributed by atoms with Crippen LogP contribution >= 0.6 is 0 Å². The highest BCUT2D eigenvalue weighted by Crippen LogP contribution is 2.48. The first-order valence-electron chi connectivity index (χ1n) is 12.9. The van der Waals surface area contributed by atoms with E-state index in [0.29, 0.717) is 18.5 Å². The van der Waals surface area contributed by atoms with Crippen molar-refractivity contribution in [3.63, 3.8) is 0 Å². The first-order valence-corrected chi connectivity index (χ1v) is 12.9. The van der Waals surface area contributed by atoms with Crippen molar-refractivity contribution < 1.29 is 9.90 Å². The number of carbonyl (C=O) groups is 1. The summed E-state index contributed by atoms with van der Waals surface area (Å²) in [6.07, 6.45) is 9.38. The van der Waals surface area contributed by atoms with E-state index in [1.807, 2.05) is 30.3 Å². The van der Waals surface area contributed by atoms with E-state index in [-0.39, 0.29) is 11.8 Å². The van der Waals surface area contributed by atoms with Gasteiger partial charge in [-0.1, -0.05) is 87.1 Å². The minimum absolute atomic E-state index is 0.00808. The summed E-state index contributed by atoms with van der Waals surface area (Å²) < 4.78 is 0. The fourth-order valence-electron chi connectivity index (χ4n) is 6.32. The molecule has 2 aliphatic rings. The van der Waals surface area contributed by atoms with Gasteiger partial charge in [-0.05, 0) is 52.8 Å². The lowest BCUT2D eigenvalue weighted by molar-refractivity contribution is -0.146. The Labute approximate surface area is 207 Å². The van der Waals surface area contributed by atoms with Gasteiger partial charge in [-0.3, -0.25) is 5.41 Å². The predicted molar refractivity (Wildman–Crippen MR) is 142 cm³/mol. The summed E-state index contributed by atoms with van der Waals surface area (Å²) in [6, 6.07) is 20.5. The number of nitrogens with one attached hydrogen (secondary N) is 1. The molecule has 0 radical (unpaired) electrons. The summed E-state index contributed by atoms with van der Waals surface area (Å²) in [5.74, 6) is -0.649. The van der Waals surface area contributed by atoms with Crippen LogP contribution in [-0.2, 0) is 17.8 Å². The number of carboxylic acids is 1. The molecule has 3 aromatic rings. The molecule has 5 heteroatoms. The first kappa shape index (κ1) is 23.4. The molecule has 1 saturated carbocycles. The minimum atomic E-state index is -0.992. The second kappa shape index (κ2) is 9.73. The lowest BCUT2D eigenvalue weighted by Gasteiger charge is -2.43. The van der Waals surface area contributed by atoms with Gasteiger partial charge in [0.2, 0.25) is 0 Å². The lowest BCUT2D eigenvalue weighted by atomic mass is 9.75. The number of hydrogen-bond acceptors (Lipinski definition) is 3. The van der Waals surface area contributed by atoms with Crippen LogP contribution in [0.25, 0.3) is 10.8 Å². The maximum absolute atomic E-state index is 13.3. The maximum Gasteiger partial charge on any atom is 0.330 e. The van der Waals surface area contributed by atoms with E-state index >= 15 is 0 Å². The average molecular weight is 470 g/mol. The molecular weight excluding hydrogens is 434 g/mol. The Morgan fingerprint density at radius 3 is 2.31 bits per heavy atom. The molecule has 5 nitrogen and oxygen atoms in total. The summed E-state index contributed by atoms with van der Waals surface area (Å²) in [7, 11) is 0. The number of aliphatic carboxylic acids is 1.